The smallest absolute Gasteiger partial charge is 0.435 e. The highest BCUT2D eigenvalue weighted by Crippen LogP contribution is 2.43. The summed E-state index contributed by atoms with van der Waals surface area (Å²) in [5.41, 5.74) is 0.946. The number of nitrogens with one attached hydrogen (secondary N) is 1. The quantitative estimate of drug-likeness (QED) is 0.400. The maximum absolute atomic E-state index is 13.4. The Morgan fingerprint density at radius 2 is 1.82 bits per heavy atom. The summed E-state index contributed by atoms with van der Waals surface area (Å²) in [6.07, 6.45) is -4.34. The zero-order valence-electron chi connectivity index (χ0n) is 20.4. The number of hydrogen-bond donors (Lipinski definition) is 1. The van der Waals surface area contributed by atoms with Crippen LogP contribution >= 0.6 is 34.5 Å². The van der Waals surface area contributed by atoms with Crippen LogP contribution < -0.4 is 14.8 Å². The first-order valence-corrected chi connectivity index (χ1v) is 12.8. The third kappa shape index (κ3) is 5.55. The molecule has 2 amide bonds. The number of hydrogen-bond acceptors (Lipinski definition) is 6. The van der Waals surface area contributed by atoms with E-state index in [0.29, 0.717) is 44.9 Å². The predicted octanol–water partition coefficient (Wildman–Crippen LogP) is 5.70. The molecule has 0 bridgehead atoms. The van der Waals surface area contributed by atoms with E-state index in [1.807, 2.05) is 6.07 Å². The lowest BCUT2D eigenvalue weighted by Crippen LogP contribution is -2.45. The van der Waals surface area contributed by atoms with Gasteiger partial charge in [0, 0.05) is 16.6 Å². The lowest BCUT2D eigenvalue weighted by atomic mass is 9.87. The summed E-state index contributed by atoms with van der Waals surface area (Å²) in [5, 5.41) is 3.14. The zero-order chi connectivity index (χ0) is 27.8. The third-order valence-corrected chi connectivity index (χ3v) is 7.59. The van der Waals surface area contributed by atoms with Gasteiger partial charge in [0.05, 0.1) is 31.8 Å². The number of nitrogens with zero attached hydrogens (tertiary/aromatic N) is 2. The molecule has 7 nitrogen and oxygen atoms in total. The highest BCUT2D eigenvalue weighted by atomic mass is 35.5. The second-order valence-corrected chi connectivity index (χ2v) is 10.4. The van der Waals surface area contributed by atoms with Gasteiger partial charge in [-0.1, -0.05) is 29.3 Å². The van der Waals surface area contributed by atoms with E-state index in [-0.39, 0.29) is 11.6 Å². The Kier molecular flexibility index (Phi) is 8.10. The fraction of sp³-hybridized carbons (Fsp3) is 0.320. The molecular weight excluding hydrogens is 566 g/mol. The largest absolute Gasteiger partial charge is 0.493 e. The first-order valence-electron chi connectivity index (χ1n) is 11.3. The molecule has 1 unspecified atom stereocenters. The fourth-order valence-electron chi connectivity index (χ4n) is 4.38. The molecule has 1 N–H and O–H groups in total. The number of alkyl halides is 3. The van der Waals surface area contributed by atoms with E-state index >= 15 is 0 Å². The summed E-state index contributed by atoms with van der Waals surface area (Å²) in [6, 6.07) is 7.83. The Balaban J connectivity index is 1.67. The number of carbonyl (C=O) groups excluding carboxylic acids is 2. The standard InChI is InChI=1S/C25H22Cl2F3N3O4S/c1-12-32-23(25(28,29)30)22(38-12)24(35)31-11-20(34)33-7-6-13-8-18(36-2)19(37-3)10-16(13)21(33)15-5-4-14(26)9-17(15)27/h4-5,8-10,21H,6-7,11H2,1-3H3,(H,31,35). The number of benzene rings is 2. The molecule has 2 aromatic carbocycles. The summed E-state index contributed by atoms with van der Waals surface area (Å²) >= 11 is 13.3. The fourth-order valence-corrected chi connectivity index (χ4v) is 5.75. The minimum absolute atomic E-state index is 0.0864. The molecule has 3 aromatic rings. The van der Waals surface area contributed by atoms with Gasteiger partial charge in [-0.05, 0) is 54.3 Å². The number of amides is 2. The van der Waals surface area contributed by atoms with Crippen molar-refractivity contribution >= 4 is 46.4 Å². The van der Waals surface area contributed by atoms with Gasteiger partial charge in [0.15, 0.2) is 17.2 Å². The van der Waals surface area contributed by atoms with Crippen molar-refractivity contribution in [2.45, 2.75) is 25.6 Å². The molecule has 13 heteroatoms. The maximum atomic E-state index is 13.4. The summed E-state index contributed by atoms with van der Waals surface area (Å²) in [6.45, 7) is 1.10. The van der Waals surface area contributed by atoms with Crippen LogP contribution in [-0.2, 0) is 17.4 Å². The number of carbonyl (C=O) groups is 2. The number of aryl methyl sites for hydroxylation is 1. The SMILES string of the molecule is COc1cc2c(cc1OC)C(c1ccc(Cl)cc1Cl)N(C(=O)CNC(=O)c1sc(C)nc1C(F)(F)F)CC2. The lowest BCUT2D eigenvalue weighted by Gasteiger charge is -2.38. The molecule has 1 aromatic heterocycles. The summed E-state index contributed by atoms with van der Waals surface area (Å²) in [5.74, 6) is -0.561. The number of fused-ring (bicyclic) bond motifs is 1. The van der Waals surface area contributed by atoms with Gasteiger partial charge >= 0.3 is 6.18 Å². The first-order chi connectivity index (χ1) is 17.9. The van der Waals surface area contributed by atoms with E-state index in [9.17, 15) is 22.8 Å². The van der Waals surface area contributed by atoms with Gasteiger partial charge in [-0.3, -0.25) is 9.59 Å². The molecule has 4 rings (SSSR count). The molecule has 0 saturated heterocycles. The second kappa shape index (κ2) is 11.0. The Bertz CT molecular complexity index is 1400. The van der Waals surface area contributed by atoms with Crippen molar-refractivity contribution in [2.24, 2.45) is 0 Å². The van der Waals surface area contributed by atoms with E-state index in [2.05, 4.69) is 10.3 Å². The van der Waals surface area contributed by atoms with Crippen molar-refractivity contribution in [3.63, 3.8) is 0 Å². The minimum atomic E-state index is -4.80. The summed E-state index contributed by atoms with van der Waals surface area (Å²) in [7, 11) is 3.01. The van der Waals surface area contributed by atoms with Crippen molar-refractivity contribution in [1.29, 1.82) is 0 Å². The van der Waals surface area contributed by atoms with Gasteiger partial charge in [0.25, 0.3) is 5.91 Å². The molecule has 0 aliphatic carbocycles. The number of methoxy groups -OCH3 is 2. The molecule has 2 heterocycles. The Morgan fingerprint density at radius 3 is 2.45 bits per heavy atom. The van der Waals surface area contributed by atoms with Crippen LogP contribution in [0.3, 0.4) is 0 Å². The molecule has 0 radical (unpaired) electrons. The molecule has 0 saturated carbocycles. The average Bonchev–Trinajstić information content (AvgIpc) is 3.28. The van der Waals surface area contributed by atoms with Crippen LogP contribution in [-0.4, -0.2) is 49.0 Å². The molecule has 1 aliphatic rings. The normalized spacial score (nSPS) is 15.2. The van der Waals surface area contributed by atoms with Crippen LogP contribution in [0.25, 0.3) is 0 Å². The molecular formula is C25H22Cl2F3N3O4S. The monoisotopic (exact) mass is 587 g/mol. The third-order valence-electron chi connectivity index (χ3n) is 6.06. The van der Waals surface area contributed by atoms with Crippen molar-refractivity contribution in [3.05, 3.63) is 72.6 Å². The number of ether oxygens (including phenoxy) is 2. The Morgan fingerprint density at radius 1 is 1.13 bits per heavy atom. The van der Waals surface area contributed by atoms with Gasteiger partial charge in [0.2, 0.25) is 5.91 Å². The number of aromatic nitrogens is 1. The summed E-state index contributed by atoms with van der Waals surface area (Å²) < 4.78 is 50.8. The van der Waals surface area contributed by atoms with Crippen LogP contribution in [0.15, 0.2) is 30.3 Å². The van der Waals surface area contributed by atoms with Crippen molar-refractivity contribution in [3.8, 4) is 11.5 Å². The molecule has 1 aliphatic heterocycles. The van der Waals surface area contributed by atoms with Gasteiger partial charge in [-0.2, -0.15) is 13.2 Å². The van der Waals surface area contributed by atoms with Crippen molar-refractivity contribution in [2.75, 3.05) is 27.3 Å². The van der Waals surface area contributed by atoms with Gasteiger partial charge < -0.3 is 19.7 Å². The Hall–Kier alpha value is -3.02. The van der Waals surface area contributed by atoms with Crippen LogP contribution in [0.1, 0.15) is 43.1 Å². The van der Waals surface area contributed by atoms with E-state index in [1.165, 1.54) is 26.0 Å². The second-order valence-electron chi connectivity index (χ2n) is 8.40. The van der Waals surface area contributed by atoms with Crippen LogP contribution in [0.2, 0.25) is 10.0 Å². The van der Waals surface area contributed by atoms with Gasteiger partial charge in [-0.15, -0.1) is 11.3 Å². The molecule has 0 fully saturated rings. The van der Waals surface area contributed by atoms with Crippen LogP contribution in [0.4, 0.5) is 13.2 Å². The highest BCUT2D eigenvalue weighted by Gasteiger charge is 2.40. The van der Waals surface area contributed by atoms with Gasteiger partial charge in [-0.25, -0.2) is 4.98 Å². The van der Waals surface area contributed by atoms with Crippen LogP contribution in [0, 0.1) is 6.92 Å². The first kappa shape index (κ1) is 28.0. The Labute approximate surface area is 230 Å². The lowest BCUT2D eigenvalue weighted by molar-refractivity contribution is -0.141. The van der Waals surface area contributed by atoms with E-state index < -0.39 is 41.1 Å². The number of thiazole rings is 1. The predicted molar refractivity (Wildman–Crippen MR) is 137 cm³/mol. The number of halogens is 5. The molecule has 38 heavy (non-hydrogen) atoms. The molecule has 1 atom stereocenters. The van der Waals surface area contributed by atoms with E-state index in [1.54, 1.807) is 24.3 Å². The average molecular weight is 588 g/mol. The van der Waals surface area contributed by atoms with E-state index in [4.69, 9.17) is 32.7 Å². The van der Waals surface area contributed by atoms with Gasteiger partial charge in [0.1, 0.15) is 4.88 Å². The molecule has 0 spiro atoms. The van der Waals surface area contributed by atoms with Crippen LogP contribution in [0.5, 0.6) is 11.5 Å². The molecule has 202 valence electrons. The maximum Gasteiger partial charge on any atom is 0.435 e. The topological polar surface area (TPSA) is 80.8 Å². The number of rotatable bonds is 6. The summed E-state index contributed by atoms with van der Waals surface area (Å²) in [4.78, 5) is 30.4. The zero-order valence-corrected chi connectivity index (χ0v) is 22.7. The minimum Gasteiger partial charge on any atom is -0.493 e. The highest BCUT2D eigenvalue weighted by molar-refractivity contribution is 7.13. The van der Waals surface area contributed by atoms with E-state index in [0.717, 1.165) is 11.1 Å². The van der Waals surface area contributed by atoms with Crippen molar-refractivity contribution < 1.29 is 32.2 Å². The van der Waals surface area contributed by atoms with Crippen molar-refractivity contribution in [1.82, 2.24) is 15.2 Å².